The van der Waals surface area contributed by atoms with Crippen LogP contribution < -0.4 is 0 Å². The number of carbonyl (C=O) groups is 1. The Balaban J connectivity index is 2.62. The maximum atomic E-state index is 13.9. The minimum Gasteiger partial charge on any atom is -0.295 e. The van der Waals surface area contributed by atoms with E-state index >= 15 is 0 Å². The molecule has 0 N–H and O–H groups in total. The van der Waals surface area contributed by atoms with Crippen LogP contribution in [0.25, 0.3) is 11.1 Å². The first kappa shape index (κ1) is 12.5. The van der Waals surface area contributed by atoms with Gasteiger partial charge in [-0.2, -0.15) is 0 Å². The molecule has 0 saturated heterocycles. The molecule has 2 aromatic carbocycles. The molecule has 0 heterocycles. The maximum Gasteiger partial charge on any atom is 0.159 e. The SMILES string of the molecule is CC(=O)c1ccc(F)c(-c2ccc(C)cc2C)c1. The summed E-state index contributed by atoms with van der Waals surface area (Å²) in [4.78, 5) is 11.4. The Hall–Kier alpha value is -1.96. The highest BCUT2D eigenvalue weighted by Gasteiger charge is 2.10. The van der Waals surface area contributed by atoms with E-state index in [-0.39, 0.29) is 11.6 Å². The highest BCUT2D eigenvalue weighted by molar-refractivity contribution is 5.95. The summed E-state index contributed by atoms with van der Waals surface area (Å²) in [6, 6.07) is 10.3. The van der Waals surface area contributed by atoms with Crippen molar-refractivity contribution in [3.63, 3.8) is 0 Å². The van der Waals surface area contributed by atoms with Gasteiger partial charge >= 0.3 is 0 Å². The van der Waals surface area contributed by atoms with Gasteiger partial charge in [0.2, 0.25) is 0 Å². The Bertz CT molecular complexity index is 614. The summed E-state index contributed by atoms with van der Waals surface area (Å²) in [5.41, 5.74) is 4.00. The molecule has 0 radical (unpaired) electrons. The monoisotopic (exact) mass is 242 g/mol. The van der Waals surface area contributed by atoms with Gasteiger partial charge < -0.3 is 0 Å². The minimum absolute atomic E-state index is 0.0546. The standard InChI is InChI=1S/C16H15FO/c1-10-4-6-14(11(2)8-10)15-9-13(12(3)18)5-7-16(15)17/h4-9H,1-3H3. The summed E-state index contributed by atoms with van der Waals surface area (Å²) in [6.45, 7) is 5.43. The number of hydrogen-bond donors (Lipinski definition) is 0. The van der Waals surface area contributed by atoms with Gasteiger partial charge in [0.05, 0.1) is 0 Å². The fraction of sp³-hybridized carbons (Fsp3) is 0.188. The van der Waals surface area contributed by atoms with Crippen LogP contribution in [0, 0.1) is 19.7 Å². The van der Waals surface area contributed by atoms with Gasteiger partial charge in [-0.15, -0.1) is 0 Å². The van der Waals surface area contributed by atoms with E-state index in [9.17, 15) is 9.18 Å². The Morgan fingerprint density at radius 2 is 1.72 bits per heavy atom. The predicted molar refractivity (Wildman–Crippen MR) is 71.3 cm³/mol. The Morgan fingerprint density at radius 1 is 1.00 bits per heavy atom. The predicted octanol–water partition coefficient (Wildman–Crippen LogP) is 4.31. The van der Waals surface area contributed by atoms with Crippen molar-refractivity contribution in [3.8, 4) is 11.1 Å². The molecule has 0 unspecified atom stereocenters. The van der Waals surface area contributed by atoms with Crippen molar-refractivity contribution in [1.82, 2.24) is 0 Å². The highest BCUT2D eigenvalue weighted by atomic mass is 19.1. The van der Waals surface area contributed by atoms with Crippen LogP contribution in [0.4, 0.5) is 4.39 Å². The molecule has 2 aromatic rings. The van der Waals surface area contributed by atoms with Gasteiger partial charge in [-0.1, -0.05) is 23.8 Å². The van der Waals surface area contributed by atoms with Crippen LogP contribution in [0.3, 0.4) is 0 Å². The van der Waals surface area contributed by atoms with E-state index in [0.717, 1.165) is 16.7 Å². The van der Waals surface area contributed by atoms with Gasteiger partial charge in [-0.3, -0.25) is 4.79 Å². The molecule has 0 atom stereocenters. The number of rotatable bonds is 2. The minimum atomic E-state index is -0.299. The fourth-order valence-electron chi connectivity index (χ4n) is 2.07. The third-order valence-electron chi connectivity index (χ3n) is 3.04. The summed E-state index contributed by atoms with van der Waals surface area (Å²) in [5, 5.41) is 0. The van der Waals surface area contributed by atoms with Crippen molar-refractivity contribution in [2.75, 3.05) is 0 Å². The molecule has 0 aromatic heterocycles. The quantitative estimate of drug-likeness (QED) is 0.717. The van der Waals surface area contributed by atoms with E-state index < -0.39 is 0 Å². The van der Waals surface area contributed by atoms with Crippen LogP contribution in [0.5, 0.6) is 0 Å². The van der Waals surface area contributed by atoms with Crippen molar-refractivity contribution >= 4 is 5.78 Å². The summed E-state index contributed by atoms with van der Waals surface area (Å²) < 4.78 is 13.9. The molecule has 0 aliphatic heterocycles. The van der Waals surface area contributed by atoms with E-state index in [1.165, 1.54) is 19.1 Å². The van der Waals surface area contributed by atoms with Crippen molar-refractivity contribution in [2.45, 2.75) is 20.8 Å². The second-order valence-electron chi connectivity index (χ2n) is 4.57. The molecule has 0 saturated carbocycles. The average molecular weight is 242 g/mol. The first-order chi connectivity index (χ1) is 8.49. The molecule has 0 bridgehead atoms. The van der Waals surface area contributed by atoms with Crippen LogP contribution in [-0.4, -0.2) is 5.78 Å². The van der Waals surface area contributed by atoms with E-state index in [1.807, 2.05) is 32.0 Å². The van der Waals surface area contributed by atoms with Crippen LogP contribution in [0.1, 0.15) is 28.4 Å². The third kappa shape index (κ3) is 2.33. The van der Waals surface area contributed by atoms with E-state index in [2.05, 4.69) is 0 Å². The lowest BCUT2D eigenvalue weighted by molar-refractivity contribution is 0.101. The van der Waals surface area contributed by atoms with Gasteiger partial charge in [-0.25, -0.2) is 4.39 Å². The Labute approximate surface area is 106 Å². The van der Waals surface area contributed by atoms with Crippen LogP contribution in [0.2, 0.25) is 0 Å². The van der Waals surface area contributed by atoms with Gasteiger partial charge in [0.15, 0.2) is 5.78 Å². The fourth-order valence-corrected chi connectivity index (χ4v) is 2.07. The topological polar surface area (TPSA) is 17.1 Å². The van der Waals surface area contributed by atoms with Crippen molar-refractivity contribution in [3.05, 3.63) is 58.9 Å². The number of benzene rings is 2. The summed E-state index contributed by atoms with van der Waals surface area (Å²) >= 11 is 0. The van der Waals surface area contributed by atoms with E-state index in [4.69, 9.17) is 0 Å². The lowest BCUT2D eigenvalue weighted by Gasteiger charge is -2.09. The molecule has 0 aliphatic carbocycles. The molecule has 2 heteroatoms. The molecule has 92 valence electrons. The molecule has 2 rings (SSSR count). The second kappa shape index (κ2) is 4.73. The second-order valence-corrected chi connectivity index (χ2v) is 4.57. The van der Waals surface area contributed by atoms with Crippen LogP contribution in [-0.2, 0) is 0 Å². The Morgan fingerprint density at radius 3 is 2.33 bits per heavy atom. The number of Topliss-reactive ketones (excluding diaryl/α,β-unsaturated/α-hetero) is 1. The first-order valence-corrected chi connectivity index (χ1v) is 5.87. The van der Waals surface area contributed by atoms with Gasteiger partial charge in [0, 0.05) is 11.1 Å². The first-order valence-electron chi connectivity index (χ1n) is 5.87. The molecular weight excluding hydrogens is 227 g/mol. The smallest absolute Gasteiger partial charge is 0.159 e. The third-order valence-corrected chi connectivity index (χ3v) is 3.04. The zero-order valence-electron chi connectivity index (χ0n) is 10.8. The van der Waals surface area contributed by atoms with Crippen LogP contribution in [0.15, 0.2) is 36.4 Å². The van der Waals surface area contributed by atoms with Gasteiger partial charge in [-0.05, 0) is 50.1 Å². The summed E-state index contributed by atoms with van der Waals surface area (Å²) in [7, 11) is 0. The van der Waals surface area contributed by atoms with Gasteiger partial charge in [0.25, 0.3) is 0 Å². The number of carbonyl (C=O) groups excluding carboxylic acids is 1. The normalized spacial score (nSPS) is 10.4. The summed E-state index contributed by atoms with van der Waals surface area (Å²) in [6.07, 6.45) is 0. The molecule has 0 aliphatic rings. The lowest BCUT2D eigenvalue weighted by Crippen LogP contribution is -1.95. The molecule has 0 amide bonds. The van der Waals surface area contributed by atoms with E-state index in [0.29, 0.717) is 11.1 Å². The van der Waals surface area contributed by atoms with Gasteiger partial charge in [0.1, 0.15) is 5.82 Å². The lowest BCUT2D eigenvalue weighted by atomic mass is 9.96. The number of ketones is 1. The zero-order valence-corrected chi connectivity index (χ0v) is 10.8. The molecule has 0 fully saturated rings. The van der Waals surface area contributed by atoms with Crippen molar-refractivity contribution in [2.24, 2.45) is 0 Å². The molecule has 1 nitrogen and oxygen atoms in total. The average Bonchev–Trinajstić information content (AvgIpc) is 2.30. The zero-order chi connectivity index (χ0) is 13.3. The number of halogens is 1. The van der Waals surface area contributed by atoms with Crippen LogP contribution >= 0.6 is 0 Å². The maximum absolute atomic E-state index is 13.9. The van der Waals surface area contributed by atoms with Crippen molar-refractivity contribution in [1.29, 1.82) is 0 Å². The number of hydrogen-bond acceptors (Lipinski definition) is 1. The largest absolute Gasteiger partial charge is 0.295 e. The molecular formula is C16H15FO. The molecule has 0 spiro atoms. The highest BCUT2D eigenvalue weighted by Crippen LogP contribution is 2.27. The summed E-state index contributed by atoms with van der Waals surface area (Å²) in [5.74, 6) is -0.354. The number of aryl methyl sites for hydroxylation is 2. The molecule has 18 heavy (non-hydrogen) atoms. The Kier molecular flexibility index (Phi) is 3.28. The van der Waals surface area contributed by atoms with E-state index in [1.54, 1.807) is 6.07 Å². The van der Waals surface area contributed by atoms with Crippen molar-refractivity contribution < 1.29 is 9.18 Å².